The van der Waals surface area contributed by atoms with Crippen molar-refractivity contribution >= 4 is 43.0 Å². The third-order valence-corrected chi connectivity index (χ3v) is 6.82. The Morgan fingerprint density at radius 1 is 1.18 bits per heavy atom. The van der Waals surface area contributed by atoms with Gasteiger partial charge in [-0.25, -0.2) is 13.4 Å². The van der Waals surface area contributed by atoms with Crippen LogP contribution in [0.25, 0.3) is 10.2 Å². The van der Waals surface area contributed by atoms with E-state index in [4.69, 9.17) is 5.73 Å². The van der Waals surface area contributed by atoms with Gasteiger partial charge in [-0.2, -0.15) is 0 Å². The Morgan fingerprint density at radius 3 is 2.43 bits per heavy atom. The predicted octanol–water partition coefficient (Wildman–Crippen LogP) is 3.53. The molecule has 0 saturated heterocycles. The summed E-state index contributed by atoms with van der Waals surface area (Å²) in [5.41, 5.74) is 8.15. The number of benzene rings is 2. The van der Waals surface area contributed by atoms with Gasteiger partial charge in [0.2, 0.25) is 10.0 Å². The van der Waals surface area contributed by atoms with Crippen LogP contribution in [0, 0.1) is 0 Å². The highest BCUT2D eigenvalue weighted by atomic mass is 32.2. The van der Waals surface area contributed by atoms with Crippen molar-refractivity contribution in [3.05, 3.63) is 58.6 Å². The topological polar surface area (TPSA) is 93.4 Å². The maximum atomic E-state index is 12.5. The highest BCUT2D eigenvalue weighted by Gasteiger charge is 2.19. The molecule has 0 amide bonds. The lowest BCUT2D eigenvalue weighted by Crippen LogP contribution is -2.29. The molecule has 0 saturated carbocycles. The van der Waals surface area contributed by atoms with Crippen molar-refractivity contribution in [2.45, 2.75) is 26.3 Å². The second-order valence-electron chi connectivity index (χ2n) is 6.95. The van der Waals surface area contributed by atoms with Gasteiger partial charge >= 0.3 is 0 Å². The molecule has 3 aromatic rings. The van der Waals surface area contributed by atoms with Crippen LogP contribution in [0.3, 0.4) is 0 Å². The average molecular weight is 418 g/mol. The molecule has 6 nitrogen and oxygen atoms in total. The number of carbonyl (C=O) groups excluding carboxylic acids is 1. The second-order valence-corrected chi connectivity index (χ2v) is 9.92. The normalized spacial score (nSPS) is 11.9. The number of anilines is 1. The maximum absolute atomic E-state index is 12.5. The highest BCUT2D eigenvalue weighted by molar-refractivity contribution is 7.92. The molecule has 0 fully saturated rings. The van der Waals surface area contributed by atoms with Crippen LogP contribution in [-0.2, 0) is 16.6 Å². The Bertz CT molecular complexity index is 1100. The van der Waals surface area contributed by atoms with E-state index >= 15 is 0 Å². The van der Waals surface area contributed by atoms with Crippen LogP contribution in [-0.4, -0.2) is 32.0 Å². The summed E-state index contributed by atoms with van der Waals surface area (Å²) in [5.74, 6) is 0.171. The third kappa shape index (κ3) is 4.40. The van der Waals surface area contributed by atoms with Gasteiger partial charge in [-0.15, -0.1) is 11.3 Å². The van der Waals surface area contributed by atoms with E-state index in [1.165, 1.54) is 10.6 Å². The van der Waals surface area contributed by atoms with Gasteiger partial charge in [-0.3, -0.25) is 9.10 Å². The summed E-state index contributed by atoms with van der Waals surface area (Å²) in [6.07, 6.45) is 1.19. The molecule has 0 spiro atoms. The first kappa shape index (κ1) is 20.4. The molecule has 0 aliphatic rings. The molecule has 0 unspecified atom stereocenters. The van der Waals surface area contributed by atoms with Crippen LogP contribution in [0.4, 0.5) is 5.69 Å². The molecule has 1 heterocycles. The summed E-state index contributed by atoms with van der Waals surface area (Å²) in [7, 11) is -3.49. The number of hydrogen-bond acceptors (Lipinski definition) is 6. The van der Waals surface area contributed by atoms with E-state index in [2.05, 4.69) is 18.8 Å². The number of ketones is 1. The van der Waals surface area contributed by atoms with Crippen molar-refractivity contribution in [2.75, 3.05) is 17.1 Å². The van der Waals surface area contributed by atoms with E-state index < -0.39 is 10.0 Å². The molecule has 28 heavy (non-hydrogen) atoms. The maximum Gasteiger partial charge on any atom is 0.232 e. The van der Waals surface area contributed by atoms with Gasteiger partial charge in [0.15, 0.2) is 5.78 Å². The Balaban J connectivity index is 1.94. The van der Waals surface area contributed by atoms with Gasteiger partial charge < -0.3 is 5.73 Å². The van der Waals surface area contributed by atoms with E-state index in [0.29, 0.717) is 17.2 Å². The number of nitrogens with two attached hydrogens (primary N) is 1. The summed E-state index contributed by atoms with van der Waals surface area (Å²) in [6, 6.07) is 12.4. The standard InChI is InChI=1S/C20H23N3O3S2/c1-13(2)20-22-17-9-8-16(10-19(17)27-20)23(28(3,25)26)12-14-4-6-15(7-5-14)18(24)11-21/h4-10,13H,11-12,21H2,1-3H3. The van der Waals surface area contributed by atoms with Gasteiger partial charge in [-0.1, -0.05) is 38.1 Å². The fourth-order valence-corrected chi connectivity index (χ4v) is 4.70. The fourth-order valence-electron chi connectivity index (χ4n) is 2.81. The minimum atomic E-state index is -3.49. The van der Waals surface area contributed by atoms with Gasteiger partial charge in [-0.05, 0) is 23.8 Å². The molecule has 2 aromatic carbocycles. The smallest absolute Gasteiger partial charge is 0.232 e. The number of sulfonamides is 1. The number of aromatic nitrogens is 1. The van der Waals surface area contributed by atoms with E-state index in [1.807, 2.05) is 12.1 Å². The van der Waals surface area contributed by atoms with Crippen molar-refractivity contribution in [3.8, 4) is 0 Å². The lowest BCUT2D eigenvalue weighted by Gasteiger charge is -2.22. The lowest BCUT2D eigenvalue weighted by molar-refractivity contribution is 0.100. The minimum absolute atomic E-state index is 0.0535. The summed E-state index contributed by atoms with van der Waals surface area (Å²) >= 11 is 1.58. The third-order valence-electron chi connectivity index (χ3n) is 4.36. The number of thiazole rings is 1. The predicted molar refractivity (Wildman–Crippen MR) is 115 cm³/mol. The van der Waals surface area contributed by atoms with Crippen molar-refractivity contribution in [2.24, 2.45) is 5.73 Å². The number of Topliss-reactive ketones (excluding diaryl/α,β-unsaturated/α-hetero) is 1. The Morgan fingerprint density at radius 2 is 1.86 bits per heavy atom. The van der Waals surface area contributed by atoms with E-state index in [1.54, 1.807) is 41.7 Å². The number of fused-ring (bicyclic) bond motifs is 1. The van der Waals surface area contributed by atoms with Crippen LogP contribution in [0.2, 0.25) is 0 Å². The SMILES string of the molecule is CC(C)c1nc2ccc(N(Cc3ccc(C(=O)CN)cc3)S(C)(=O)=O)cc2s1. The first-order valence-electron chi connectivity index (χ1n) is 8.89. The van der Waals surface area contributed by atoms with Crippen LogP contribution < -0.4 is 10.0 Å². The van der Waals surface area contributed by atoms with E-state index in [9.17, 15) is 13.2 Å². The quantitative estimate of drug-likeness (QED) is 0.594. The molecule has 0 aliphatic carbocycles. The Labute approximate surface area is 169 Å². The van der Waals surface area contributed by atoms with Crippen molar-refractivity contribution < 1.29 is 13.2 Å². The molecule has 0 radical (unpaired) electrons. The first-order chi connectivity index (χ1) is 13.2. The summed E-state index contributed by atoms with van der Waals surface area (Å²) in [4.78, 5) is 16.3. The van der Waals surface area contributed by atoms with Crippen LogP contribution >= 0.6 is 11.3 Å². The largest absolute Gasteiger partial charge is 0.324 e. The highest BCUT2D eigenvalue weighted by Crippen LogP contribution is 2.31. The number of rotatable bonds is 7. The van der Waals surface area contributed by atoms with Gasteiger partial charge in [0, 0.05) is 11.5 Å². The number of hydrogen-bond donors (Lipinski definition) is 1. The van der Waals surface area contributed by atoms with Crippen LogP contribution in [0.1, 0.15) is 40.7 Å². The van der Waals surface area contributed by atoms with Crippen LogP contribution in [0.15, 0.2) is 42.5 Å². The zero-order chi connectivity index (χ0) is 20.5. The van der Waals surface area contributed by atoms with E-state index in [-0.39, 0.29) is 18.9 Å². The molecule has 0 bridgehead atoms. The molecule has 0 atom stereocenters. The lowest BCUT2D eigenvalue weighted by atomic mass is 10.1. The molecular weight excluding hydrogens is 394 g/mol. The Hall–Kier alpha value is -2.29. The molecule has 148 valence electrons. The van der Waals surface area contributed by atoms with Crippen molar-refractivity contribution in [1.29, 1.82) is 0 Å². The van der Waals surface area contributed by atoms with Gasteiger partial charge in [0.05, 0.1) is 40.3 Å². The second kappa shape index (κ2) is 7.98. The zero-order valence-electron chi connectivity index (χ0n) is 16.0. The summed E-state index contributed by atoms with van der Waals surface area (Å²) < 4.78 is 27.2. The minimum Gasteiger partial charge on any atom is -0.324 e. The average Bonchev–Trinajstić information content (AvgIpc) is 3.08. The molecule has 2 N–H and O–H groups in total. The first-order valence-corrected chi connectivity index (χ1v) is 11.6. The van der Waals surface area contributed by atoms with Crippen LogP contribution in [0.5, 0.6) is 0 Å². The van der Waals surface area contributed by atoms with Gasteiger partial charge in [0.25, 0.3) is 0 Å². The molecule has 1 aromatic heterocycles. The van der Waals surface area contributed by atoms with E-state index in [0.717, 1.165) is 20.8 Å². The molecular formula is C20H23N3O3S2. The zero-order valence-corrected chi connectivity index (χ0v) is 17.7. The summed E-state index contributed by atoms with van der Waals surface area (Å²) in [6.45, 7) is 4.29. The number of carbonyl (C=O) groups is 1. The molecule has 8 heteroatoms. The monoisotopic (exact) mass is 417 g/mol. The molecule has 3 rings (SSSR count). The summed E-state index contributed by atoms with van der Waals surface area (Å²) in [5, 5.41) is 1.03. The molecule has 0 aliphatic heterocycles. The Kier molecular flexibility index (Phi) is 5.83. The van der Waals surface area contributed by atoms with Gasteiger partial charge in [0.1, 0.15) is 0 Å². The number of nitrogens with zero attached hydrogens (tertiary/aromatic N) is 2. The van der Waals surface area contributed by atoms with Crippen molar-refractivity contribution in [1.82, 2.24) is 4.98 Å². The fraction of sp³-hybridized carbons (Fsp3) is 0.300. The van der Waals surface area contributed by atoms with Crippen molar-refractivity contribution in [3.63, 3.8) is 0 Å².